The third-order valence-corrected chi connectivity index (χ3v) is 8.61. The first-order valence-electron chi connectivity index (χ1n) is 13.6. The first-order valence-corrected chi connectivity index (χ1v) is 15.4. The Hall–Kier alpha value is -3.56. The second-order valence-electron chi connectivity index (χ2n) is 10.2. The van der Waals surface area contributed by atoms with Gasteiger partial charge >= 0.3 is 0 Å². The van der Waals surface area contributed by atoms with Crippen LogP contribution in [0.2, 0.25) is 5.02 Å². The van der Waals surface area contributed by atoms with E-state index in [4.69, 9.17) is 16.3 Å². The third-order valence-electron chi connectivity index (χ3n) is 6.57. The summed E-state index contributed by atoms with van der Waals surface area (Å²) in [5, 5.41) is 3.28. The standard InChI is InChI=1S/C31H38ClN3O5S/c1-6-40-28-15-13-27(14-16-28)35(41(38,39)29-17-11-26(32)12-18-29)21-30(36)34(20-25-10-8-7-9-23(25)4)24(5)31(37)33-19-22(2)3/h7-18,22,24H,6,19-21H2,1-5H3,(H,33,37)/t24-/m1/s1. The quantitative estimate of drug-likeness (QED) is 0.283. The van der Waals surface area contributed by atoms with E-state index in [0.717, 1.165) is 15.4 Å². The lowest BCUT2D eigenvalue weighted by atomic mass is 10.1. The van der Waals surface area contributed by atoms with E-state index in [2.05, 4.69) is 5.32 Å². The first kappa shape index (κ1) is 32.0. The van der Waals surface area contributed by atoms with Gasteiger partial charge in [0.2, 0.25) is 11.8 Å². The van der Waals surface area contributed by atoms with E-state index in [1.807, 2.05) is 52.0 Å². The smallest absolute Gasteiger partial charge is 0.264 e. The zero-order chi connectivity index (χ0) is 30.2. The SMILES string of the molecule is CCOc1ccc(N(CC(=O)N(Cc2ccccc2C)[C@H](C)C(=O)NCC(C)C)S(=O)(=O)c2ccc(Cl)cc2)cc1. The molecule has 1 N–H and O–H groups in total. The maximum absolute atomic E-state index is 14.0. The summed E-state index contributed by atoms with van der Waals surface area (Å²) in [7, 11) is -4.19. The molecule has 0 fully saturated rings. The van der Waals surface area contributed by atoms with E-state index in [1.54, 1.807) is 31.2 Å². The van der Waals surface area contributed by atoms with Gasteiger partial charge in [-0.05, 0) is 86.3 Å². The van der Waals surface area contributed by atoms with Crippen molar-refractivity contribution in [3.8, 4) is 5.75 Å². The Bertz CT molecular complexity index is 1430. The summed E-state index contributed by atoms with van der Waals surface area (Å²) in [6.07, 6.45) is 0. The van der Waals surface area contributed by atoms with E-state index in [-0.39, 0.29) is 29.0 Å². The Labute approximate surface area is 248 Å². The van der Waals surface area contributed by atoms with E-state index in [0.29, 0.717) is 23.9 Å². The third kappa shape index (κ3) is 8.47. The monoisotopic (exact) mass is 599 g/mol. The van der Waals surface area contributed by atoms with Gasteiger partial charge in [-0.2, -0.15) is 0 Å². The minimum atomic E-state index is -4.19. The largest absolute Gasteiger partial charge is 0.494 e. The van der Waals surface area contributed by atoms with Gasteiger partial charge in [0.25, 0.3) is 10.0 Å². The fraction of sp³-hybridized carbons (Fsp3) is 0.355. The van der Waals surface area contributed by atoms with Crippen molar-refractivity contribution in [3.63, 3.8) is 0 Å². The normalized spacial score (nSPS) is 12.1. The molecular weight excluding hydrogens is 562 g/mol. The molecule has 0 heterocycles. The summed E-state index contributed by atoms with van der Waals surface area (Å²) in [5.74, 6) is -0.0323. The zero-order valence-corrected chi connectivity index (χ0v) is 25.7. The van der Waals surface area contributed by atoms with Gasteiger partial charge in [0, 0.05) is 18.1 Å². The number of amides is 2. The molecule has 0 bridgehead atoms. The van der Waals surface area contributed by atoms with E-state index >= 15 is 0 Å². The van der Waals surface area contributed by atoms with Crippen molar-refractivity contribution < 1.29 is 22.7 Å². The topological polar surface area (TPSA) is 96.0 Å². The number of carbonyl (C=O) groups is 2. The molecule has 0 unspecified atom stereocenters. The molecule has 2 amide bonds. The maximum atomic E-state index is 14.0. The van der Waals surface area contributed by atoms with Crippen LogP contribution in [0.25, 0.3) is 0 Å². The van der Waals surface area contributed by atoms with Crippen molar-refractivity contribution in [1.82, 2.24) is 10.2 Å². The number of ether oxygens (including phenoxy) is 1. The van der Waals surface area contributed by atoms with Crippen LogP contribution < -0.4 is 14.4 Å². The second-order valence-corrected chi connectivity index (χ2v) is 12.5. The molecule has 1 atom stereocenters. The second kappa shape index (κ2) is 14.4. The van der Waals surface area contributed by atoms with Crippen molar-refractivity contribution in [2.45, 2.75) is 52.1 Å². The highest BCUT2D eigenvalue weighted by molar-refractivity contribution is 7.92. The summed E-state index contributed by atoms with van der Waals surface area (Å²) >= 11 is 6.01. The van der Waals surface area contributed by atoms with Gasteiger partial charge in [0.1, 0.15) is 18.3 Å². The molecule has 3 aromatic rings. The number of nitrogens with one attached hydrogen (secondary N) is 1. The number of anilines is 1. The Morgan fingerprint density at radius 1 is 0.951 bits per heavy atom. The molecule has 0 aromatic heterocycles. The molecule has 3 rings (SSSR count). The van der Waals surface area contributed by atoms with Gasteiger partial charge in [-0.3, -0.25) is 13.9 Å². The van der Waals surface area contributed by atoms with Crippen molar-refractivity contribution in [2.75, 3.05) is 24.0 Å². The minimum absolute atomic E-state index is 0.0169. The Morgan fingerprint density at radius 3 is 2.17 bits per heavy atom. The van der Waals surface area contributed by atoms with Crippen molar-refractivity contribution in [2.24, 2.45) is 5.92 Å². The maximum Gasteiger partial charge on any atom is 0.264 e. The van der Waals surface area contributed by atoms with Crippen molar-refractivity contribution in [1.29, 1.82) is 0 Å². The summed E-state index contributed by atoms with van der Waals surface area (Å²) in [4.78, 5) is 28.5. The average Bonchev–Trinajstić information content (AvgIpc) is 2.94. The molecule has 0 spiro atoms. The van der Waals surface area contributed by atoms with Crippen LogP contribution >= 0.6 is 11.6 Å². The van der Waals surface area contributed by atoms with Crippen LogP contribution in [-0.4, -0.2) is 50.9 Å². The van der Waals surface area contributed by atoms with Crippen LogP contribution in [0, 0.1) is 12.8 Å². The molecule has 0 aliphatic carbocycles. The molecular formula is C31H38ClN3O5S. The highest BCUT2D eigenvalue weighted by atomic mass is 35.5. The number of sulfonamides is 1. The average molecular weight is 600 g/mol. The lowest BCUT2D eigenvalue weighted by Crippen LogP contribution is -2.51. The molecule has 10 heteroatoms. The van der Waals surface area contributed by atoms with Crippen LogP contribution in [0.3, 0.4) is 0 Å². The molecule has 0 saturated carbocycles. The number of aryl methyl sites for hydroxylation is 1. The predicted molar refractivity (Wildman–Crippen MR) is 163 cm³/mol. The van der Waals surface area contributed by atoms with Crippen LogP contribution in [0.15, 0.2) is 77.7 Å². The van der Waals surface area contributed by atoms with Crippen molar-refractivity contribution >= 4 is 39.1 Å². The van der Waals surface area contributed by atoms with Crippen LogP contribution in [0.5, 0.6) is 5.75 Å². The van der Waals surface area contributed by atoms with Gasteiger partial charge in [0.15, 0.2) is 0 Å². The van der Waals surface area contributed by atoms with Gasteiger partial charge in [-0.1, -0.05) is 49.7 Å². The highest BCUT2D eigenvalue weighted by Crippen LogP contribution is 2.27. The molecule has 3 aromatic carbocycles. The van der Waals surface area contributed by atoms with Gasteiger partial charge in [0.05, 0.1) is 17.2 Å². The zero-order valence-electron chi connectivity index (χ0n) is 24.1. The number of carbonyl (C=O) groups excluding carboxylic acids is 2. The summed E-state index contributed by atoms with van der Waals surface area (Å²) in [6, 6.07) is 19.0. The number of rotatable bonds is 13. The molecule has 8 nitrogen and oxygen atoms in total. The summed E-state index contributed by atoms with van der Waals surface area (Å²) in [5.41, 5.74) is 2.10. The first-order chi connectivity index (χ1) is 19.4. The molecule has 41 heavy (non-hydrogen) atoms. The lowest BCUT2D eigenvalue weighted by Gasteiger charge is -2.32. The van der Waals surface area contributed by atoms with E-state index < -0.39 is 28.5 Å². The predicted octanol–water partition coefficient (Wildman–Crippen LogP) is 5.43. The fourth-order valence-electron chi connectivity index (χ4n) is 4.14. The summed E-state index contributed by atoms with van der Waals surface area (Å²) in [6.45, 7) is 9.93. The van der Waals surface area contributed by atoms with E-state index in [1.165, 1.54) is 29.2 Å². The van der Waals surface area contributed by atoms with Gasteiger partial charge in [-0.25, -0.2) is 8.42 Å². The highest BCUT2D eigenvalue weighted by Gasteiger charge is 2.32. The van der Waals surface area contributed by atoms with Gasteiger partial charge < -0.3 is 15.0 Å². The molecule has 0 aliphatic rings. The van der Waals surface area contributed by atoms with Crippen molar-refractivity contribution in [3.05, 3.63) is 88.9 Å². The van der Waals surface area contributed by atoms with Gasteiger partial charge in [-0.15, -0.1) is 0 Å². The Morgan fingerprint density at radius 2 is 1.59 bits per heavy atom. The van der Waals surface area contributed by atoms with Crippen LogP contribution in [0.4, 0.5) is 5.69 Å². The molecule has 220 valence electrons. The fourth-order valence-corrected chi connectivity index (χ4v) is 5.68. The molecule has 0 radical (unpaired) electrons. The Balaban J connectivity index is 2.03. The number of nitrogens with zero attached hydrogens (tertiary/aromatic N) is 2. The number of halogens is 1. The van der Waals surface area contributed by atoms with Crippen LogP contribution in [0.1, 0.15) is 38.8 Å². The lowest BCUT2D eigenvalue weighted by molar-refractivity contribution is -0.139. The minimum Gasteiger partial charge on any atom is -0.494 e. The number of hydrogen-bond acceptors (Lipinski definition) is 5. The van der Waals surface area contributed by atoms with Crippen LogP contribution in [-0.2, 0) is 26.2 Å². The number of hydrogen-bond donors (Lipinski definition) is 1. The molecule has 0 saturated heterocycles. The van der Waals surface area contributed by atoms with E-state index in [9.17, 15) is 18.0 Å². The Kier molecular flexibility index (Phi) is 11.2. The molecule has 0 aliphatic heterocycles. The number of benzene rings is 3. The summed E-state index contributed by atoms with van der Waals surface area (Å²) < 4.78 is 34.4.